The van der Waals surface area contributed by atoms with Crippen molar-refractivity contribution in [2.45, 2.75) is 18.7 Å². The van der Waals surface area contributed by atoms with Gasteiger partial charge in [0, 0.05) is 19.7 Å². The number of hydrogen-bond acceptors (Lipinski definition) is 4. The van der Waals surface area contributed by atoms with Gasteiger partial charge in [0.05, 0.1) is 17.2 Å². The van der Waals surface area contributed by atoms with E-state index in [9.17, 15) is 13.2 Å². The molecule has 0 unspecified atom stereocenters. The van der Waals surface area contributed by atoms with Crippen LogP contribution in [0.1, 0.15) is 22.8 Å². The summed E-state index contributed by atoms with van der Waals surface area (Å²) in [5.41, 5.74) is 1.52. The molecule has 134 valence electrons. The topological polar surface area (TPSA) is 75.7 Å². The Balaban J connectivity index is 2.30. The Morgan fingerprint density at radius 1 is 1.12 bits per heavy atom. The van der Waals surface area contributed by atoms with Gasteiger partial charge in [0.15, 0.2) is 0 Å². The maximum atomic E-state index is 12.6. The van der Waals surface area contributed by atoms with Crippen molar-refractivity contribution in [1.82, 2.24) is 4.90 Å². The van der Waals surface area contributed by atoms with Gasteiger partial charge in [-0.25, -0.2) is 8.42 Å². The number of benzene rings is 2. The minimum absolute atomic E-state index is 0.125. The first-order valence-corrected chi connectivity index (χ1v) is 9.31. The number of nitrogens with zero attached hydrogens (tertiary/aromatic N) is 1. The summed E-state index contributed by atoms with van der Waals surface area (Å²) in [6.45, 7) is 4.15. The molecule has 7 heteroatoms. The molecule has 0 saturated carbocycles. The van der Waals surface area contributed by atoms with Crippen LogP contribution in [-0.4, -0.2) is 39.9 Å². The van der Waals surface area contributed by atoms with Gasteiger partial charge in [0.1, 0.15) is 5.75 Å². The van der Waals surface area contributed by atoms with Crippen LogP contribution in [0.3, 0.4) is 0 Å². The minimum Gasteiger partial charge on any atom is -0.494 e. The van der Waals surface area contributed by atoms with E-state index in [1.54, 1.807) is 51.4 Å². The molecule has 0 spiro atoms. The maximum Gasteiger partial charge on any atom is 0.261 e. The van der Waals surface area contributed by atoms with E-state index >= 15 is 0 Å². The molecule has 2 rings (SSSR count). The van der Waals surface area contributed by atoms with Gasteiger partial charge >= 0.3 is 0 Å². The van der Waals surface area contributed by atoms with Gasteiger partial charge < -0.3 is 9.64 Å². The van der Waals surface area contributed by atoms with Gasteiger partial charge in [0.25, 0.3) is 15.9 Å². The van der Waals surface area contributed by atoms with E-state index in [1.807, 2.05) is 6.92 Å². The summed E-state index contributed by atoms with van der Waals surface area (Å²) < 4.78 is 33.0. The molecule has 0 fully saturated rings. The van der Waals surface area contributed by atoms with Crippen LogP contribution in [0.25, 0.3) is 0 Å². The second-order valence-corrected chi connectivity index (χ2v) is 7.42. The molecular weight excluding hydrogens is 340 g/mol. The van der Waals surface area contributed by atoms with Crippen molar-refractivity contribution < 1.29 is 17.9 Å². The summed E-state index contributed by atoms with van der Waals surface area (Å²) in [7, 11) is -0.471. The van der Waals surface area contributed by atoms with Gasteiger partial charge in [-0.05, 0) is 55.8 Å². The van der Waals surface area contributed by atoms with Crippen LogP contribution < -0.4 is 9.46 Å². The molecule has 2 aromatic rings. The smallest absolute Gasteiger partial charge is 0.261 e. The number of hydrogen-bond donors (Lipinski definition) is 1. The standard InChI is InChI=1S/C18H22N2O4S/c1-5-24-15-8-10-16(11-9-15)25(22,23)19-17-12-14(7-6-13(17)2)18(21)20(3)4/h6-12,19H,5H2,1-4H3. The molecule has 0 aliphatic rings. The molecule has 0 aromatic heterocycles. The van der Waals surface area contributed by atoms with Crippen molar-refractivity contribution in [2.24, 2.45) is 0 Å². The van der Waals surface area contributed by atoms with E-state index in [-0.39, 0.29) is 10.8 Å². The zero-order valence-electron chi connectivity index (χ0n) is 14.7. The molecule has 0 atom stereocenters. The average molecular weight is 362 g/mol. The SMILES string of the molecule is CCOc1ccc(S(=O)(=O)Nc2cc(C(=O)N(C)C)ccc2C)cc1. The highest BCUT2D eigenvalue weighted by molar-refractivity contribution is 7.92. The van der Waals surface area contributed by atoms with Gasteiger partial charge in [-0.15, -0.1) is 0 Å². The predicted octanol–water partition coefficient (Wildman–Crippen LogP) is 2.90. The van der Waals surface area contributed by atoms with Crippen LogP contribution in [0.2, 0.25) is 0 Å². The number of sulfonamides is 1. The normalized spacial score (nSPS) is 11.0. The van der Waals surface area contributed by atoms with Crippen LogP contribution in [-0.2, 0) is 10.0 Å². The Bertz CT molecular complexity index is 859. The lowest BCUT2D eigenvalue weighted by atomic mass is 10.1. The number of carbonyl (C=O) groups excluding carboxylic acids is 1. The van der Waals surface area contributed by atoms with Crippen molar-refractivity contribution in [3.63, 3.8) is 0 Å². The molecule has 1 amide bonds. The lowest BCUT2D eigenvalue weighted by molar-refractivity contribution is 0.0827. The Morgan fingerprint density at radius 2 is 1.76 bits per heavy atom. The number of nitrogens with one attached hydrogen (secondary N) is 1. The summed E-state index contributed by atoms with van der Waals surface area (Å²) in [6.07, 6.45) is 0. The molecule has 0 heterocycles. The van der Waals surface area contributed by atoms with Gasteiger partial charge in [-0.3, -0.25) is 9.52 Å². The lowest BCUT2D eigenvalue weighted by Crippen LogP contribution is -2.22. The molecule has 0 bridgehead atoms. The van der Waals surface area contributed by atoms with Gasteiger partial charge in [-0.2, -0.15) is 0 Å². The minimum atomic E-state index is -3.76. The Kier molecular flexibility index (Phi) is 5.69. The Morgan fingerprint density at radius 3 is 2.32 bits per heavy atom. The van der Waals surface area contributed by atoms with Gasteiger partial charge in [0.2, 0.25) is 0 Å². The molecule has 0 aliphatic carbocycles. The molecule has 0 aliphatic heterocycles. The predicted molar refractivity (Wildman–Crippen MR) is 97.6 cm³/mol. The first-order chi connectivity index (χ1) is 11.7. The van der Waals surface area contributed by atoms with E-state index in [2.05, 4.69) is 4.72 Å². The van der Waals surface area contributed by atoms with Crippen molar-refractivity contribution in [1.29, 1.82) is 0 Å². The first-order valence-electron chi connectivity index (χ1n) is 7.82. The molecule has 0 saturated heterocycles. The van der Waals surface area contributed by atoms with E-state index < -0.39 is 10.0 Å². The third kappa shape index (κ3) is 4.51. The fourth-order valence-corrected chi connectivity index (χ4v) is 3.33. The number of carbonyl (C=O) groups is 1. The molecule has 1 N–H and O–H groups in total. The number of ether oxygens (including phenoxy) is 1. The summed E-state index contributed by atoms with van der Waals surface area (Å²) in [4.78, 5) is 13.6. The molecular formula is C18H22N2O4S. The summed E-state index contributed by atoms with van der Waals surface area (Å²) in [5.74, 6) is 0.415. The molecule has 25 heavy (non-hydrogen) atoms. The number of amides is 1. The van der Waals surface area contributed by atoms with E-state index in [0.717, 1.165) is 5.56 Å². The maximum absolute atomic E-state index is 12.6. The summed E-state index contributed by atoms with van der Waals surface area (Å²) in [5, 5.41) is 0. The number of rotatable bonds is 6. The average Bonchev–Trinajstić information content (AvgIpc) is 2.56. The van der Waals surface area contributed by atoms with Crippen molar-refractivity contribution in [2.75, 3.05) is 25.4 Å². The van der Waals surface area contributed by atoms with E-state index in [4.69, 9.17) is 4.74 Å². The second-order valence-electron chi connectivity index (χ2n) is 5.74. The van der Waals surface area contributed by atoms with E-state index in [0.29, 0.717) is 23.6 Å². The molecule has 6 nitrogen and oxygen atoms in total. The van der Waals surface area contributed by atoms with Crippen LogP contribution >= 0.6 is 0 Å². The highest BCUT2D eigenvalue weighted by atomic mass is 32.2. The highest BCUT2D eigenvalue weighted by Crippen LogP contribution is 2.23. The monoisotopic (exact) mass is 362 g/mol. The third-order valence-corrected chi connectivity index (χ3v) is 4.96. The summed E-state index contributed by atoms with van der Waals surface area (Å²) in [6, 6.07) is 11.1. The lowest BCUT2D eigenvalue weighted by Gasteiger charge is -2.14. The van der Waals surface area contributed by atoms with Gasteiger partial charge in [-0.1, -0.05) is 6.07 Å². The first kappa shape index (κ1) is 18.8. The van der Waals surface area contributed by atoms with Crippen LogP contribution in [0.4, 0.5) is 5.69 Å². The molecule has 2 aromatic carbocycles. The van der Waals surface area contributed by atoms with Crippen molar-refractivity contribution >= 4 is 21.6 Å². The van der Waals surface area contributed by atoms with Crippen molar-refractivity contribution in [3.8, 4) is 5.75 Å². The van der Waals surface area contributed by atoms with Crippen LogP contribution in [0.5, 0.6) is 5.75 Å². The summed E-state index contributed by atoms with van der Waals surface area (Å²) >= 11 is 0. The third-order valence-electron chi connectivity index (χ3n) is 3.58. The number of anilines is 1. The highest BCUT2D eigenvalue weighted by Gasteiger charge is 2.17. The Labute approximate surface area is 148 Å². The largest absolute Gasteiger partial charge is 0.494 e. The number of aryl methyl sites for hydroxylation is 1. The fourth-order valence-electron chi connectivity index (χ4n) is 2.21. The van der Waals surface area contributed by atoms with Crippen LogP contribution in [0, 0.1) is 6.92 Å². The fraction of sp³-hybridized carbons (Fsp3) is 0.278. The quantitative estimate of drug-likeness (QED) is 0.857. The zero-order valence-corrected chi connectivity index (χ0v) is 15.6. The Hall–Kier alpha value is -2.54. The zero-order chi connectivity index (χ0) is 18.6. The van der Waals surface area contributed by atoms with E-state index in [1.165, 1.54) is 17.0 Å². The second kappa shape index (κ2) is 7.57. The van der Waals surface area contributed by atoms with Crippen LogP contribution in [0.15, 0.2) is 47.4 Å². The molecule has 0 radical (unpaired) electrons. The van der Waals surface area contributed by atoms with Crippen molar-refractivity contribution in [3.05, 3.63) is 53.6 Å².